The second-order valence-corrected chi connectivity index (χ2v) is 16.1. The van der Waals surface area contributed by atoms with Crippen LogP contribution in [-0.4, -0.2) is 15.1 Å². The molecule has 11 rings (SSSR count). The SMILES string of the molecule is c1ccc(-c2cccc(-c3c[n+](-c4ccc(-c5sc6c(-c7ccccc7)nc7ccccc7c6c5-c5cccc(-c6ccccc6)c5)cc4)nc(-c4ccccc4)n3)c2)cc1. The highest BCUT2D eigenvalue weighted by atomic mass is 32.1. The Morgan fingerprint density at radius 3 is 1.57 bits per heavy atom. The van der Waals surface area contributed by atoms with Gasteiger partial charge in [0.2, 0.25) is 17.7 Å². The Morgan fingerprint density at radius 1 is 0.393 bits per heavy atom. The first-order valence-electron chi connectivity index (χ1n) is 20.4. The number of nitrogens with zero attached hydrogens (tertiary/aromatic N) is 4. The largest absolute Gasteiger partial charge is 0.246 e. The molecule has 0 spiro atoms. The Bertz CT molecular complexity index is 3330. The lowest BCUT2D eigenvalue weighted by molar-refractivity contribution is -0.658. The van der Waals surface area contributed by atoms with Crippen molar-refractivity contribution in [2.24, 2.45) is 0 Å². The van der Waals surface area contributed by atoms with E-state index in [1.165, 1.54) is 37.2 Å². The van der Waals surface area contributed by atoms with E-state index < -0.39 is 0 Å². The zero-order valence-corrected chi connectivity index (χ0v) is 33.9. The number of para-hydroxylation sites is 1. The fraction of sp³-hybridized carbons (Fsp3) is 0. The summed E-state index contributed by atoms with van der Waals surface area (Å²) < 4.78 is 3.13. The van der Waals surface area contributed by atoms with E-state index in [0.717, 1.165) is 61.4 Å². The number of hydrogen-bond donors (Lipinski definition) is 0. The number of rotatable bonds is 8. The highest BCUT2D eigenvalue weighted by Crippen LogP contribution is 2.50. The number of fused-ring (bicyclic) bond motifs is 3. The van der Waals surface area contributed by atoms with Gasteiger partial charge in [-0.2, -0.15) is 0 Å². The first kappa shape index (κ1) is 36.2. The molecule has 0 unspecified atom stereocenters. The van der Waals surface area contributed by atoms with E-state index in [1.54, 1.807) is 0 Å². The molecule has 0 aliphatic heterocycles. The van der Waals surface area contributed by atoms with Crippen molar-refractivity contribution in [3.63, 3.8) is 0 Å². The topological polar surface area (TPSA) is 42.5 Å². The molecular weight excluding hydrogens is 761 g/mol. The summed E-state index contributed by atoms with van der Waals surface area (Å²) in [7, 11) is 0. The summed E-state index contributed by atoms with van der Waals surface area (Å²) in [5, 5.41) is 7.46. The van der Waals surface area contributed by atoms with Crippen LogP contribution < -0.4 is 4.68 Å². The fourth-order valence-corrected chi connectivity index (χ4v) is 9.57. The number of aromatic nitrogens is 4. The summed E-state index contributed by atoms with van der Waals surface area (Å²) in [6.07, 6.45) is 2.04. The maximum Gasteiger partial charge on any atom is 0.238 e. The lowest BCUT2D eigenvalue weighted by Crippen LogP contribution is -2.36. The molecule has 0 fully saturated rings. The zero-order chi connectivity index (χ0) is 40.5. The van der Waals surface area contributed by atoms with E-state index in [2.05, 4.69) is 194 Å². The average Bonchev–Trinajstić information content (AvgIpc) is 3.76. The maximum atomic E-state index is 5.32. The number of thiophene rings is 1. The molecule has 0 N–H and O–H groups in total. The molecule has 0 saturated carbocycles. The second kappa shape index (κ2) is 15.7. The average molecular weight is 798 g/mol. The van der Waals surface area contributed by atoms with Gasteiger partial charge in [0.1, 0.15) is 5.69 Å². The molecule has 5 heteroatoms. The van der Waals surface area contributed by atoms with E-state index in [0.29, 0.717) is 5.82 Å². The first-order valence-corrected chi connectivity index (χ1v) is 21.2. The predicted molar refractivity (Wildman–Crippen MR) is 252 cm³/mol. The van der Waals surface area contributed by atoms with Crippen LogP contribution in [0.15, 0.2) is 225 Å². The molecule has 0 radical (unpaired) electrons. The summed E-state index contributed by atoms with van der Waals surface area (Å²) in [5.74, 6) is 0.658. The summed E-state index contributed by atoms with van der Waals surface area (Å²) in [4.78, 5) is 11.6. The molecule has 3 aromatic heterocycles. The Balaban J connectivity index is 1.09. The first-order chi connectivity index (χ1) is 30.2. The Hall–Kier alpha value is -7.86. The quantitative estimate of drug-likeness (QED) is 0.144. The van der Waals surface area contributed by atoms with Gasteiger partial charge >= 0.3 is 0 Å². The van der Waals surface area contributed by atoms with Gasteiger partial charge in [-0.25, -0.2) is 9.97 Å². The standard InChI is InChI=1S/C56H37N4S/c1-5-17-38(18-6-1)43-25-15-27-45(35-43)50-37-60(59-56(58-50)42-23-11-4-12-24-42)47-33-31-41(32-34-47)54-51(46-28-16-26-44(36-46)39-19-7-2-8-20-39)52-48-29-13-14-30-49(48)57-53(55(52)61-54)40-21-9-3-10-22-40/h1-37H/q+1. The van der Waals surface area contributed by atoms with Gasteiger partial charge in [-0.1, -0.05) is 176 Å². The second-order valence-electron chi connectivity index (χ2n) is 15.1. The molecule has 4 nitrogen and oxygen atoms in total. The third kappa shape index (κ3) is 6.97. The van der Waals surface area contributed by atoms with Crippen LogP contribution in [0.5, 0.6) is 0 Å². The number of benzene rings is 8. The van der Waals surface area contributed by atoms with Gasteiger partial charge in [-0.05, 0) is 68.4 Å². The van der Waals surface area contributed by atoms with Gasteiger partial charge in [-0.3, -0.25) is 0 Å². The predicted octanol–water partition coefficient (Wildman–Crippen LogP) is 14.2. The lowest BCUT2D eigenvalue weighted by atomic mass is 9.93. The summed E-state index contributed by atoms with van der Waals surface area (Å²) in [6.45, 7) is 0. The Kier molecular flexibility index (Phi) is 9.34. The van der Waals surface area contributed by atoms with E-state index in [-0.39, 0.29) is 0 Å². The van der Waals surface area contributed by atoms with Crippen LogP contribution in [0.3, 0.4) is 0 Å². The minimum Gasteiger partial charge on any atom is -0.246 e. The van der Waals surface area contributed by atoms with Gasteiger partial charge in [0.15, 0.2) is 0 Å². The Morgan fingerprint density at radius 2 is 0.918 bits per heavy atom. The van der Waals surface area contributed by atoms with Crippen molar-refractivity contribution < 1.29 is 4.68 Å². The molecule has 0 saturated heterocycles. The molecule has 61 heavy (non-hydrogen) atoms. The van der Waals surface area contributed by atoms with E-state index in [1.807, 2.05) is 46.5 Å². The van der Waals surface area contributed by atoms with E-state index in [9.17, 15) is 0 Å². The highest BCUT2D eigenvalue weighted by Gasteiger charge is 2.24. The van der Waals surface area contributed by atoms with Crippen molar-refractivity contribution in [2.45, 2.75) is 0 Å². The minimum absolute atomic E-state index is 0.658. The zero-order valence-electron chi connectivity index (χ0n) is 33.1. The molecule has 0 atom stereocenters. The van der Waals surface area contributed by atoms with Crippen LogP contribution in [0, 0.1) is 0 Å². The van der Waals surface area contributed by atoms with Crippen molar-refractivity contribution in [1.29, 1.82) is 0 Å². The van der Waals surface area contributed by atoms with Crippen LogP contribution >= 0.6 is 11.3 Å². The van der Waals surface area contributed by atoms with Gasteiger partial charge < -0.3 is 0 Å². The van der Waals surface area contributed by atoms with Gasteiger partial charge in [0.25, 0.3) is 0 Å². The molecule has 0 aliphatic rings. The van der Waals surface area contributed by atoms with Gasteiger partial charge in [0.05, 0.1) is 15.9 Å². The normalized spacial score (nSPS) is 11.3. The Labute approximate surface area is 358 Å². The van der Waals surface area contributed by atoms with Crippen LogP contribution in [0.25, 0.3) is 104 Å². The third-order valence-electron chi connectivity index (χ3n) is 11.2. The minimum atomic E-state index is 0.658. The smallest absolute Gasteiger partial charge is 0.238 e. The van der Waals surface area contributed by atoms with E-state index in [4.69, 9.17) is 15.1 Å². The van der Waals surface area contributed by atoms with Crippen molar-refractivity contribution in [1.82, 2.24) is 15.1 Å². The summed E-state index contributed by atoms with van der Waals surface area (Å²) in [6, 6.07) is 76.7. The van der Waals surface area contributed by atoms with Gasteiger partial charge in [0, 0.05) is 55.1 Å². The third-order valence-corrected chi connectivity index (χ3v) is 12.4. The molecular formula is C56H37N4S+. The van der Waals surface area contributed by atoms with Crippen molar-refractivity contribution in [3.8, 4) is 83.4 Å². The molecule has 0 amide bonds. The van der Waals surface area contributed by atoms with E-state index >= 15 is 0 Å². The molecule has 0 bridgehead atoms. The van der Waals surface area contributed by atoms with Crippen molar-refractivity contribution >= 4 is 32.3 Å². The highest BCUT2D eigenvalue weighted by molar-refractivity contribution is 7.23. The van der Waals surface area contributed by atoms with Crippen molar-refractivity contribution in [2.75, 3.05) is 0 Å². The molecule has 0 aliphatic carbocycles. The van der Waals surface area contributed by atoms with Crippen LogP contribution in [0.4, 0.5) is 0 Å². The molecule has 286 valence electrons. The fourth-order valence-electron chi connectivity index (χ4n) is 8.21. The molecule has 8 aromatic carbocycles. The lowest BCUT2D eigenvalue weighted by Gasteiger charge is -2.11. The molecule has 11 aromatic rings. The maximum absolute atomic E-state index is 5.32. The van der Waals surface area contributed by atoms with Crippen LogP contribution in [-0.2, 0) is 0 Å². The van der Waals surface area contributed by atoms with Gasteiger partial charge in [-0.15, -0.1) is 11.3 Å². The van der Waals surface area contributed by atoms with Crippen LogP contribution in [0.2, 0.25) is 0 Å². The molecule has 3 heterocycles. The number of pyridine rings is 1. The number of hydrogen-bond acceptors (Lipinski definition) is 4. The van der Waals surface area contributed by atoms with Crippen molar-refractivity contribution in [3.05, 3.63) is 225 Å². The summed E-state index contributed by atoms with van der Waals surface area (Å²) >= 11 is 1.82. The monoisotopic (exact) mass is 797 g/mol. The summed E-state index contributed by atoms with van der Waals surface area (Å²) in [5.41, 5.74) is 15.0. The van der Waals surface area contributed by atoms with Crippen LogP contribution in [0.1, 0.15) is 0 Å².